The molecule has 2 fully saturated rings. The first-order chi connectivity index (χ1) is 13.4. The number of hydrogen-bond donors (Lipinski definition) is 1. The van der Waals surface area contributed by atoms with Gasteiger partial charge in [0.25, 0.3) is 5.91 Å². The number of amides is 1. The molecule has 0 aromatic heterocycles. The van der Waals surface area contributed by atoms with E-state index in [1.807, 2.05) is 14.0 Å². The number of nitrogens with zero attached hydrogens (tertiary/aromatic N) is 3. The highest BCUT2D eigenvalue weighted by atomic mass is 16.2. The highest BCUT2D eigenvalue weighted by Gasteiger charge is 2.42. The molecule has 0 unspecified atom stereocenters. The molecule has 5 nitrogen and oxygen atoms in total. The summed E-state index contributed by atoms with van der Waals surface area (Å²) in [5.41, 5.74) is 3.40. The number of likely N-dealkylation sites (N-methyl/N-ethyl adjacent to an activating group) is 1. The SMILES string of the molecule is Cc1cccc(N2CC[NH+]([C@H](C)C(=O)N(C)C3(C#N)CCCCC3)CC2)c1C. The fraction of sp³-hybridized carbons (Fsp3) is 0.652. The van der Waals surface area contributed by atoms with E-state index < -0.39 is 5.54 Å². The van der Waals surface area contributed by atoms with Crippen molar-refractivity contribution in [1.82, 2.24) is 4.90 Å². The summed E-state index contributed by atoms with van der Waals surface area (Å²) >= 11 is 0. The third-order valence-electron chi connectivity index (χ3n) is 7.17. The van der Waals surface area contributed by atoms with E-state index in [2.05, 4.69) is 43.0 Å². The van der Waals surface area contributed by atoms with Crippen LogP contribution in [0.15, 0.2) is 18.2 Å². The molecule has 152 valence electrons. The van der Waals surface area contributed by atoms with Gasteiger partial charge in [-0.1, -0.05) is 31.4 Å². The first-order valence-corrected chi connectivity index (χ1v) is 10.7. The van der Waals surface area contributed by atoms with E-state index in [-0.39, 0.29) is 11.9 Å². The van der Waals surface area contributed by atoms with Gasteiger partial charge in [0, 0.05) is 12.7 Å². The van der Waals surface area contributed by atoms with Crippen molar-refractivity contribution in [3.63, 3.8) is 0 Å². The summed E-state index contributed by atoms with van der Waals surface area (Å²) in [4.78, 5) is 18.8. The number of carbonyl (C=O) groups excluding carboxylic acids is 1. The molecule has 0 radical (unpaired) electrons. The standard InChI is InChI=1S/C23H34N4O/c1-18-9-8-10-21(19(18)2)27-15-13-26(14-16-27)20(3)22(28)25(4)23(17-24)11-6-5-7-12-23/h8-10,20H,5-7,11-16H2,1-4H3/p+1/t20-/m1/s1. The van der Waals surface area contributed by atoms with Gasteiger partial charge in [-0.25, -0.2) is 0 Å². The van der Waals surface area contributed by atoms with Crippen LogP contribution in [-0.4, -0.2) is 55.6 Å². The number of benzene rings is 1. The summed E-state index contributed by atoms with van der Waals surface area (Å²) in [6.07, 6.45) is 4.89. The van der Waals surface area contributed by atoms with Crippen LogP contribution in [0.4, 0.5) is 5.69 Å². The van der Waals surface area contributed by atoms with Crippen LogP contribution >= 0.6 is 0 Å². The Morgan fingerprint density at radius 1 is 1.21 bits per heavy atom. The number of hydrogen-bond acceptors (Lipinski definition) is 3. The Balaban J connectivity index is 1.63. The van der Waals surface area contributed by atoms with Crippen molar-refractivity contribution in [3.8, 4) is 6.07 Å². The van der Waals surface area contributed by atoms with Crippen LogP contribution < -0.4 is 9.80 Å². The van der Waals surface area contributed by atoms with Crippen LogP contribution in [0.2, 0.25) is 0 Å². The van der Waals surface area contributed by atoms with Crippen molar-refractivity contribution in [3.05, 3.63) is 29.3 Å². The molecule has 1 N–H and O–H groups in total. The van der Waals surface area contributed by atoms with Crippen molar-refractivity contribution >= 4 is 11.6 Å². The number of carbonyl (C=O) groups is 1. The molecule has 1 amide bonds. The topological polar surface area (TPSA) is 51.8 Å². The zero-order valence-corrected chi connectivity index (χ0v) is 17.9. The van der Waals surface area contributed by atoms with E-state index >= 15 is 0 Å². The molecule has 1 saturated carbocycles. The second-order valence-corrected chi connectivity index (χ2v) is 8.69. The van der Waals surface area contributed by atoms with Gasteiger partial charge in [-0.3, -0.25) is 4.79 Å². The molecule has 3 rings (SSSR count). The van der Waals surface area contributed by atoms with E-state index in [0.29, 0.717) is 0 Å². The summed E-state index contributed by atoms with van der Waals surface area (Å²) in [7, 11) is 1.85. The largest absolute Gasteiger partial charge is 0.360 e. The van der Waals surface area contributed by atoms with Gasteiger partial charge in [0.15, 0.2) is 6.04 Å². The Hall–Kier alpha value is -2.06. The highest BCUT2D eigenvalue weighted by molar-refractivity contribution is 5.81. The van der Waals surface area contributed by atoms with Gasteiger partial charge < -0.3 is 14.7 Å². The third-order valence-corrected chi connectivity index (χ3v) is 7.17. The molecule has 1 heterocycles. The van der Waals surface area contributed by atoms with Crippen LogP contribution in [-0.2, 0) is 4.79 Å². The molecule has 0 spiro atoms. The van der Waals surface area contributed by atoms with E-state index in [1.165, 1.54) is 28.1 Å². The number of anilines is 1. The Morgan fingerprint density at radius 3 is 2.46 bits per heavy atom. The first kappa shape index (κ1) is 20.7. The molecule has 1 atom stereocenters. The Bertz CT molecular complexity index is 739. The maximum atomic E-state index is 13.2. The maximum absolute atomic E-state index is 13.2. The minimum atomic E-state index is -0.594. The van der Waals surface area contributed by atoms with E-state index in [4.69, 9.17) is 0 Å². The number of nitriles is 1. The molecule has 1 aromatic carbocycles. The number of aryl methyl sites for hydroxylation is 1. The van der Waals surface area contributed by atoms with Gasteiger partial charge in [0.05, 0.1) is 32.2 Å². The summed E-state index contributed by atoms with van der Waals surface area (Å²) in [6, 6.07) is 8.88. The highest BCUT2D eigenvalue weighted by Crippen LogP contribution is 2.32. The van der Waals surface area contributed by atoms with Crippen molar-refractivity contribution in [2.45, 2.75) is 64.5 Å². The van der Waals surface area contributed by atoms with Gasteiger partial charge in [-0.05, 0) is 50.8 Å². The molecule has 28 heavy (non-hydrogen) atoms. The molecular formula is C23H35N4O+. The number of nitrogens with one attached hydrogen (secondary N) is 1. The lowest BCUT2D eigenvalue weighted by molar-refractivity contribution is -0.915. The van der Waals surface area contributed by atoms with Gasteiger partial charge in [-0.2, -0.15) is 5.26 Å². The molecule has 1 aliphatic heterocycles. The van der Waals surface area contributed by atoms with Crippen molar-refractivity contribution in [2.75, 3.05) is 38.1 Å². The van der Waals surface area contributed by atoms with Gasteiger partial charge in [-0.15, -0.1) is 0 Å². The van der Waals surface area contributed by atoms with E-state index in [0.717, 1.165) is 51.9 Å². The summed E-state index contributed by atoms with van der Waals surface area (Å²) < 4.78 is 0. The molecular weight excluding hydrogens is 348 g/mol. The van der Waals surface area contributed by atoms with Crippen molar-refractivity contribution in [2.24, 2.45) is 0 Å². The summed E-state index contributed by atoms with van der Waals surface area (Å²) in [6.45, 7) is 10.2. The van der Waals surface area contributed by atoms with Crippen LogP contribution in [0, 0.1) is 25.2 Å². The zero-order valence-electron chi connectivity index (χ0n) is 17.9. The predicted octanol–water partition coefficient (Wildman–Crippen LogP) is 2.08. The normalized spacial score (nSPS) is 21.0. The first-order valence-electron chi connectivity index (χ1n) is 10.7. The van der Waals surface area contributed by atoms with E-state index in [9.17, 15) is 10.1 Å². The zero-order chi connectivity index (χ0) is 20.3. The van der Waals surface area contributed by atoms with E-state index in [1.54, 1.807) is 4.90 Å². The molecule has 1 aromatic rings. The van der Waals surface area contributed by atoms with Gasteiger partial charge in [0.1, 0.15) is 5.54 Å². The number of piperazine rings is 1. The second kappa shape index (κ2) is 8.53. The average Bonchev–Trinajstić information content (AvgIpc) is 2.74. The molecule has 2 aliphatic rings. The fourth-order valence-electron chi connectivity index (χ4n) is 4.88. The van der Waals surface area contributed by atoms with Crippen LogP contribution in [0.5, 0.6) is 0 Å². The van der Waals surface area contributed by atoms with Crippen LogP contribution in [0.3, 0.4) is 0 Å². The Morgan fingerprint density at radius 2 is 1.86 bits per heavy atom. The van der Waals surface area contributed by atoms with Crippen LogP contribution in [0.1, 0.15) is 50.2 Å². The maximum Gasteiger partial charge on any atom is 0.281 e. The lowest BCUT2D eigenvalue weighted by Gasteiger charge is -2.42. The molecule has 0 bridgehead atoms. The number of quaternary nitrogens is 1. The Labute approximate surface area is 169 Å². The fourth-order valence-corrected chi connectivity index (χ4v) is 4.88. The number of rotatable bonds is 4. The monoisotopic (exact) mass is 383 g/mol. The molecule has 1 aliphatic carbocycles. The third kappa shape index (κ3) is 3.89. The quantitative estimate of drug-likeness (QED) is 0.866. The van der Waals surface area contributed by atoms with Crippen LogP contribution in [0.25, 0.3) is 0 Å². The van der Waals surface area contributed by atoms with Gasteiger partial charge in [0.2, 0.25) is 0 Å². The average molecular weight is 384 g/mol. The molecule has 5 heteroatoms. The second-order valence-electron chi connectivity index (χ2n) is 8.69. The van der Waals surface area contributed by atoms with Crippen molar-refractivity contribution in [1.29, 1.82) is 5.26 Å². The minimum Gasteiger partial charge on any atom is -0.360 e. The smallest absolute Gasteiger partial charge is 0.281 e. The summed E-state index contributed by atoms with van der Waals surface area (Å²) in [5.74, 6) is 0.124. The Kier molecular flexibility index (Phi) is 6.30. The lowest BCUT2D eigenvalue weighted by atomic mass is 9.81. The summed E-state index contributed by atoms with van der Waals surface area (Å²) in [5, 5.41) is 9.80. The minimum absolute atomic E-state index is 0.0992. The van der Waals surface area contributed by atoms with Crippen molar-refractivity contribution < 1.29 is 9.69 Å². The lowest BCUT2D eigenvalue weighted by Crippen LogP contribution is -3.19. The molecule has 1 saturated heterocycles. The predicted molar refractivity (Wildman–Crippen MR) is 112 cm³/mol. The van der Waals surface area contributed by atoms with Gasteiger partial charge >= 0.3 is 0 Å².